The second-order valence-electron chi connectivity index (χ2n) is 6.21. The SMILES string of the molecule is CCn1c(C2(CN)CCCCCC2)nc2cc(Cl)ccc21. The predicted octanol–water partition coefficient (Wildman–Crippen LogP) is 4.26. The fourth-order valence-electron chi connectivity index (χ4n) is 3.75. The van der Waals surface area contributed by atoms with Gasteiger partial charge >= 0.3 is 0 Å². The molecule has 0 saturated heterocycles. The third-order valence-electron chi connectivity index (χ3n) is 4.95. The molecule has 0 aliphatic heterocycles. The van der Waals surface area contributed by atoms with Crippen LogP contribution in [0.25, 0.3) is 11.0 Å². The molecular weight excluding hydrogens is 282 g/mol. The molecule has 2 N–H and O–H groups in total. The number of aryl methyl sites for hydroxylation is 1. The molecule has 3 nitrogen and oxygen atoms in total. The zero-order valence-corrected chi connectivity index (χ0v) is 13.5. The molecule has 1 heterocycles. The molecule has 114 valence electrons. The highest BCUT2D eigenvalue weighted by atomic mass is 35.5. The molecule has 2 aromatic rings. The van der Waals surface area contributed by atoms with E-state index in [1.165, 1.54) is 37.0 Å². The van der Waals surface area contributed by atoms with Gasteiger partial charge in [0, 0.05) is 23.5 Å². The molecule has 0 spiro atoms. The van der Waals surface area contributed by atoms with E-state index >= 15 is 0 Å². The summed E-state index contributed by atoms with van der Waals surface area (Å²) in [5, 5.41) is 0.748. The first kappa shape index (κ1) is 14.9. The normalized spacial score (nSPS) is 18.8. The van der Waals surface area contributed by atoms with Gasteiger partial charge in [0.1, 0.15) is 5.82 Å². The highest BCUT2D eigenvalue weighted by molar-refractivity contribution is 6.31. The number of hydrogen-bond donors (Lipinski definition) is 1. The monoisotopic (exact) mass is 305 g/mol. The Hall–Kier alpha value is -1.06. The van der Waals surface area contributed by atoms with Gasteiger partial charge in [-0.2, -0.15) is 0 Å². The van der Waals surface area contributed by atoms with Crippen molar-refractivity contribution in [2.24, 2.45) is 5.73 Å². The minimum atomic E-state index is 0.0397. The van der Waals surface area contributed by atoms with Gasteiger partial charge in [-0.25, -0.2) is 4.98 Å². The Bertz CT molecular complexity index is 624. The van der Waals surface area contributed by atoms with Crippen LogP contribution >= 0.6 is 11.6 Å². The molecular formula is C17H24ClN3. The third kappa shape index (κ3) is 2.58. The van der Waals surface area contributed by atoms with Crippen LogP contribution in [0.2, 0.25) is 5.02 Å². The predicted molar refractivity (Wildman–Crippen MR) is 88.9 cm³/mol. The van der Waals surface area contributed by atoms with Crippen molar-refractivity contribution < 1.29 is 0 Å². The Morgan fingerprint density at radius 3 is 2.57 bits per heavy atom. The van der Waals surface area contributed by atoms with Gasteiger partial charge in [0.25, 0.3) is 0 Å². The molecule has 3 rings (SSSR count). The second-order valence-corrected chi connectivity index (χ2v) is 6.65. The molecule has 1 fully saturated rings. The minimum absolute atomic E-state index is 0.0397. The summed E-state index contributed by atoms with van der Waals surface area (Å²) in [4.78, 5) is 4.95. The summed E-state index contributed by atoms with van der Waals surface area (Å²) < 4.78 is 2.34. The maximum absolute atomic E-state index is 6.24. The van der Waals surface area contributed by atoms with Crippen LogP contribution in [0.1, 0.15) is 51.3 Å². The van der Waals surface area contributed by atoms with Gasteiger partial charge in [0.15, 0.2) is 0 Å². The summed E-state index contributed by atoms with van der Waals surface area (Å²) >= 11 is 6.13. The van der Waals surface area contributed by atoms with Gasteiger partial charge in [0.05, 0.1) is 11.0 Å². The van der Waals surface area contributed by atoms with E-state index in [0.717, 1.165) is 29.9 Å². The fourth-order valence-corrected chi connectivity index (χ4v) is 3.92. The highest BCUT2D eigenvalue weighted by Gasteiger charge is 2.36. The first-order chi connectivity index (χ1) is 10.2. The first-order valence-corrected chi connectivity index (χ1v) is 8.44. The van der Waals surface area contributed by atoms with Crippen molar-refractivity contribution in [1.29, 1.82) is 0 Å². The summed E-state index contributed by atoms with van der Waals surface area (Å²) in [6, 6.07) is 6.00. The molecule has 1 aromatic carbocycles. The number of nitrogens with zero attached hydrogens (tertiary/aromatic N) is 2. The zero-order valence-electron chi connectivity index (χ0n) is 12.7. The van der Waals surface area contributed by atoms with Gasteiger partial charge in [-0.3, -0.25) is 0 Å². The lowest BCUT2D eigenvalue weighted by atomic mass is 9.79. The van der Waals surface area contributed by atoms with Crippen molar-refractivity contribution in [3.8, 4) is 0 Å². The number of rotatable bonds is 3. The lowest BCUT2D eigenvalue weighted by Crippen LogP contribution is -2.37. The molecule has 1 aromatic heterocycles. The lowest BCUT2D eigenvalue weighted by molar-refractivity contribution is 0.347. The van der Waals surface area contributed by atoms with Crippen LogP contribution in [0.4, 0.5) is 0 Å². The van der Waals surface area contributed by atoms with Gasteiger partial charge in [0.2, 0.25) is 0 Å². The molecule has 0 atom stereocenters. The van der Waals surface area contributed by atoms with Crippen molar-refractivity contribution in [1.82, 2.24) is 9.55 Å². The zero-order chi connectivity index (χ0) is 14.9. The molecule has 1 aliphatic rings. The largest absolute Gasteiger partial charge is 0.329 e. The van der Waals surface area contributed by atoms with Gasteiger partial charge in [-0.05, 0) is 38.0 Å². The van der Waals surface area contributed by atoms with Crippen LogP contribution in [0.15, 0.2) is 18.2 Å². The smallest absolute Gasteiger partial charge is 0.117 e. The average Bonchev–Trinajstić information content (AvgIpc) is 2.69. The Morgan fingerprint density at radius 1 is 1.24 bits per heavy atom. The van der Waals surface area contributed by atoms with Gasteiger partial charge in [-0.1, -0.05) is 37.3 Å². The Kier molecular flexibility index (Phi) is 4.23. The second kappa shape index (κ2) is 5.98. The maximum atomic E-state index is 6.24. The topological polar surface area (TPSA) is 43.8 Å². The van der Waals surface area contributed by atoms with Crippen LogP contribution in [0.3, 0.4) is 0 Å². The van der Waals surface area contributed by atoms with E-state index < -0.39 is 0 Å². The molecule has 4 heteroatoms. The number of nitrogens with two attached hydrogens (primary N) is 1. The van der Waals surface area contributed by atoms with E-state index in [9.17, 15) is 0 Å². The summed E-state index contributed by atoms with van der Waals surface area (Å²) in [6.07, 6.45) is 7.46. The quantitative estimate of drug-likeness (QED) is 0.861. The number of halogens is 1. The van der Waals surface area contributed by atoms with Crippen molar-refractivity contribution in [2.75, 3.05) is 6.54 Å². The van der Waals surface area contributed by atoms with E-state index in [0.29, 0.717) is 6.54 Å². The van der Waals surface area contributed by atoms with E-state index in [1.807, 2.05) is 12.1 Å². The lowest BCUT2D eigenvalue weighted by Gasteiger charge is -2.31. The summed E-state index contributed by atoms with van der Waals surface area (Å²) in [5.74, 6) is 1.17. The summed E-state index contributed by atoms with van der Waals surface area (Å²) in [6.45, 7) is 3.79. The van der Waals surface area contributed by atoms with E-state index in [4.69, 9.17) is 22.3 Å². The summed E-state index contributed by atoms with van der Waals surface area (Å²) in [7, 11) is 0. The molecule has 1 aliphatic carbocycles. The van der Waals surface area contributed by atoms with Crippen LogP contribution in [0, 0.1) is 0 Å². The van der Waals surface area contributed by atoms with Crippen LogP contribution in [-0.2, 0) is 12.0 Å². The van der Waals surface area contributed by atoms with Gasteiger partial charge in [-0.15, -0.1) is 0 Å². The molecule has 0 unspecified atom stereocenters. The molecule has 1 saturated carbocycles. The highest BCUT2D eigenvalue weighted by Crippen LogP contribution is 2.38. The van der Waals surface area contributed by atoms with Crippen molar-refractivity contribution >= 4 is 22.6 Å². The Balaban J connectivity index is 2.16. The molecule has 0 radical (unpaired) electrons. The van der Waals surface area contributed by atoms with Crippen LogP contribution in [0.5, 0.6) is 0 Å². The average molecular weight is 306 g/mol. The van der Waals surface area contributed by atoms with Crippen LogP contribution in [-0.4, -0.2) is 16.1 Å². The van der Waals surface area contributed by atoms with Crippen molar-refractivity contribution in [2.45, 2.75) is 57.4 Å². The Labute approximate surface area is 131 Å². The van der Waals surface area contributed by atoms with E-state index in [2.05, 4.69) is 17.6 Å². The number of imidazole rings is 1. The molecule has 0 amide bonds. The van der Waals surface area contributed by atoms with Crippen molar-refractivity contribution in [3.63, 3.8) is 0 Å². The van der Waals surface area contributed by atoms with E-state index in [1.54, 1.807) is 0 Å². The number of benzene rings is 1. The molecule has 0 bridgehead atoms. The fraction of sp³-hybridized carbons (Fsp3) is 0.588. The first-order valence-electron chi connectivity index (χ1n) is 8.06. The number of aromatic nitrogens is 2. The number of fused-ring (bicyclic) bond motifs is 1. The molecule has 21 heavy (non-hydrogen) atoms. The summed E-state index contributed by atoms with van der Waals surface area (Å²) in [5.41, 5.74) is 8.45. The minimum Gasteiger partial charge on any atom is -0.329 e. The standard InChI is InChI=1S/C17H24ClN3/c1-2-21-15-8-7-13(18)11-14(15)20-16(21)17(12-19)9-5-3-4-6-10-17/h7-8,11H,2-6,9-10,12,19H2,1H3. The van der Waals surface area contributed by atoms with Crippen LogP contribution < -0.4 is 5.73 Å². The van der Waals surface area contributed by atoms with E-state index in [-0.39, 0.29) is 5.41 Å². The van der Waals surface area contributed by atoms with Gasteiger partial charge < -0.3 is 10.3 Å². The maximum Gasteiger partial charge on any atom is 0.117 e. The Morgan fingerprint density at radius 2 is 1.95 bits per heavy atom. The van der Waals surface area contributed by atoms with Crippen molar-refractivity contribution in [3.05, 3.63) is 29.0 Å². The third-order valence-corrected chi connectivity index (χ3v) is 5.19. The number of hydrogen-bond acceptors (Lipinski definition) is 2.